The summed E-state index contributed by atoms with van der Waals surface area (Å²) in [5, 5.41) is 24.7. The molecule has 0 aliphatic heterocycles. The lowest BCUT2D eigenvalue weighted by atomic mass is 9.90. The van der Waals surface area contributed by atoms with Gasteiger partial charge in [0.15, 0.2) is 0 Å². The fourth-order valence-electron chi connectivity index (χ4n) is 3.04. The molecule has 0 heterocycles. The van der Waals surface area contributed by atoms with E-state index >= 15 is 0 Å². The van der Waals surface area contributed by atoms with Gasteiger partial charge in [0.2, 0.25) is 0 Å². The fourth-order valence-corrected chi connectivity index (χ4v) is 3.04. The van der Waals surface area contributed by atoms with Gasteiger partial charge in [0.1, 0.15) is 11.3 Å². The van der Waals surface area contributed by atoms with Gasteiger partial charge in [0.25, 0.3) is 0 Å². The van der Waals surface area contributed by atoms with Crippen LogP contribution in [0, 0.1) is 0 Å². The predicted molar refractivity (Wildman–Crippen MR) is 78.8 cm³/mol. The normalized spacial score (nSPS) is 11.6. The number of carboxylic acids is 1. The fraction of sp³-hybridized carbons (Fsp3) is 0. The predicted octanol–water partition coefficient (Wildman–Crippen LogP) is 3.99. The van der Waals surface area contributed by atoms with Crippen molar-refractivity contribution in [2.45, 2.75) is 0 Å². The van der Waals surface area contributed by atoms with Gasteiger partial charge in [-0.15, -0.1) is 0 Å². The first-order valence-electron chi connectivity index (χ1n) is 6.30. The van der Waals surface area contributed by atoms with Crippen LogP contribution in [0.1, 0.15) is 10.4 Å². The molecule has 0 saturated heterocycles. The number of aromatic hydroxyl groups is 1. The number of carbonyl (C=O) groups is 1. The van der Waals surface area contributed by atoms with E-state index in [1.54, 1.807) is 12.1 Å². The Morgan fingerprint density at radius 1 is 0.800 bits per heavy atom. The number of benzene rings is 4. The summed E-state index contributed by atoms with van der Waals surface area (Å²) < 4.78 is 0. The number of hydrogen-bond acceptors (Lipinski definition) is 2. The Morgan fingerprint density at radius 3 is 1.95 bits per heavy atom. The molecule has 0 fully saturated rings. The second-order valence-electron chi connectivity index (χ2n) is 4.90. The van der Waals surface area contributed by atoms with Crippen molar-refractivity contribution >= 4 is 38.3 Å². The monoisotopic (exact) mass is 262 g/mol. The molecule has 0 amide bonds. The van der Waals surface area contributed by atoms with Crippen LogP contribution in [0.3, 0.4) is 0 Å². The summed E-state index contributed by atoms with van der Waals surface area (Å²) in [4.78, 5) is 11.5. The van der Waals surface area contributed by atoms with Crippen molar-refractivity contribution in [3.63, 3.8) is 0 Å². The Hall–Kier alpha value is -2.81. The van der Waals surface area contributed by atoms with Crippen molar-refractivity contribution in [2.24, 2.45) is 0 Å². The lowest BCUT2D eigenvalue weighted by Gasteiger charge is -2.14. The van der Waals surface area contributed by atoms with E-state index in [1.807, 2.05) is 36.4 Å². The van der Waals surface area contributed by atoms with Crippen molar-refractivity contribution in [2.75, 3.05) is 0 Å². The summed E-state index contributed by atoms with van der Waals surface area (Å²) in [6.45, 7) is 0. The molecule has 0 unspecified atom stereocenters. The van der Waals surface area contributed by atoms with E-state index in [0.29, 0.717) is 10.8 Å². The third-order valence-corrected chi connectivity index (χ3v) is 3.86. The van der Waals surface area contributed by atoms with Crippen LogP contribution in [0.5, 0.6) is 5.75 Å². The molecule has 0 bridgehead atoms. The first-order valence-corrected chi connectivity index (χ1v) is 6.30. The van der Waals surface area contributed by atoms with Crippen LogP contribution in [-0.2, 0) is 0 Å². The van der Waals surface area contributed by atoms with Gasteiger partial charge >= 0.3 is 5.97 Å². The van der Waals surface area contributed by atoms with E-state index in [2.05, 4.69) is 0 Å². The Morgan fingerprint density at radius 2 is 1.35 bits per heavy atom. The van der Waals surface area contributed by atoms with Crippen molar-refractivity contribution < 1.29 is 15.0 Å². The first kappa shape index (κ1) is 11.1. The number of rotatable bonds is 1. The Kier molecular flexibility index (Phi) is 1.99. The standard InChI is InChI=1S/C17H10O3/c18-16-12-6-2-4-10-8-7-9-3-1-5-11(13(9)14(10)12)15(16)17(19)20/h1-8,18H,(H,19,20). The molecule has 96 valence electrons. The van der Waals surface area contributed by atoms with Gasteiger partial charge in [-0.1, -0.05) is 48.5 Å². The molecule has 0 aliphatic rings. The van der Waals surface area contributed by atoms with E-state index in [9.17, 15) is 15.0 Å². The summed E-state index contributed by atoms with van der Waals surface area (Å²) in [5.74, 6) is -1.27. The number of carboxylic acid groups (broad SMARTS) is 1. The van der Waals surface area contributed by atoms with Crippen LogP contribution in [0.4, 0.5) is 0 Å². The molecular formula is C17H10O3. The third kappa shape index (κ3) is 1.21. The summed E-state index contributed by atoms with van der Waals surface area (Å²) in [6.07, 6.45) is 0. The first-order chi connectivity index (χ1) is 9.68. The lowest BCUT2D eigenvalue weighted by Crippen LogP contribution is -2.00. The SMILES string of the molecule is O=C(O)c1c(O)c2cccc3ccc4cccc1c4c32. The maximum absolute atomic E-state index is 11.5. The largest absolute Gasteiger partial charge is 0.506 e. The number of phenols is 1. The third-order valence-electron chi connectivity index (χ3n) is 3.86. The van der Waals surface area contributed by atoms with Crippen LogP contribution in [0.2, 0.25) is 0 Å². The van der Waals surface area contributed by atoms with Gasteiger partial charge in [0, 0.05) is 16.2 Å². The molecule has 20 heavy (non-hydrogen) atoms. The second-order valence-corrected chi connectivity index (χ2v) is 4.90. The summed E-state index contributed by atoms with van der Waals surface area (Å²) in [7, 11) is 0. The van der Waals surface area contributed by atoms with Gasteiger partial charge in [-0.25, -0.2) is 4.79 Å². The molecular weight excluding hydrogens is 252 g/mol. The van der Waals surface area contributed by atoms with Gasteiger partial charge < -0.3 is 10.2 Å². The molecule has 0 atom stereocenters. The highest BCUT2D eigenvalue weighted by molar-refractivity contribution is 6.28. The molecule has 2 N–H and O–H groups in total. The van der Waals surface area contributed by atoms with Crippen LogP contribution >= 0.6 is 0 Å². The average Bonchev–Trinajstić information content (AvgIpc) is 2.45. The number of hydrogen-bond donors (Lipinski definition) is 2. The van der Waals surface area contributed by atoms with E-state index in [0.717, 1.165) is 21.5 Å². The smallest absolute Gasteiger partial charge is 0.340 e. The summed E-state index contributed by atoms with van der Waals surface area (Å²) in [6, 6.07) is 15.0. The van der Waals surface area contributed by atoms with E-state index in [-0.39, 0.29) is 11.3 Å². The molecule has 4 aromatic rings. The molecule has 4 aromatic carbocycles. The molecule has 4 rings (SSSR count). The van der Waals surface area contributed by atoms with E-state index in [4.69, 9.17) is 0 Å². The van der Waals surface area contributed by atoms with Crippen molar-refractivity contribution in [3.8, 4) is 5.75 Å². The minimum atomic E-state index is -1.11. The van der Waals surface area contributed by atoms with Gasteiger partial charge in [-0.2, -0.15) is 0 Å². The van der Waals surface area contributed by atoms with E-state index in [1.165, 1.54) is 0 Å². The quantitative estimate of drug-likeness (QED) is 0.510. The second kappa shape index (κ2) is 3.61. The Balaban J connectivity index is 2.47. The highest BCUT2D eigenvalue weighted by atomic mass is 16.4. The zero-order chi connectivity index (χ0) is 13.9. The van der Waals surface area contributed by atoms with Gasteiger partial charge in [-0.3, -0.25) is 0 Å². The molecule has 3 heteroatoms. The molecule has 3 nitrogen and oxygen atoms in total. The highest BCUT2D eigenvalue weighted by Crippen LogP contribution is 2.42. The Labute approximate surface area is 114 Å². The van der Waals surface area contributed by atoms with Gasteiger partial charge in [-0.05, 0) is 16.2 Å². The summed E-state index contributed by atoms with van der Waals surface area (Å²) >= 11 is 0. The van der Waals surface area contributed by atoms with Gasteiger partial charge in [0.05, 0.1) is 0 Å². The molecule has 0 radical (unpaired) electrons. The Bertz CT molecular complexity index is 986. The molecule has 0 saturated carbocycles. The minimum absolute atomic E-state index is 0.0261. The topological polar surface area (TPSA) is 57.5 Å². The van der Waals surface area contributed by atoms with Crippen LogP contribution in [-0.4, -0.2) is 16.2 Å². The number of aromatic carboxylic acids is 1. The zero-order valence-electron chi connectivity index (χ0n) is 10.4. The van der Waals surface area contributed by atoms with Crippen molar-refractivity contribution in [1.82, 2.24) is 0 Å². The lowest BCUT2D eigenvalue weighted by molar-refractivity contribution is 0.0696. The van der Waals surface area contributed by atoms with E-state index < -0.39 is 5.97 Å². The van der Waals surface area contributed by atoms with Crippen molar-refractivity contribution in [3.05, 3.63) is 54.1 Å². The maximum atomic E-state index is 11.5. The van der Waals surface area contributed by atoms with Crippen LogP contribution in [0.15, 0.2) is 48.5 Å². The molecule has 0 aliphatic carbocycles. The van der Waals surface area contributed by atoms with Crippen LogP contribution in [0.25, 0.3) is 32.3 Å². The molecule has 0 aromatic heterocycles. The minimum Gasteiger partial charge on any atom is -0.506 e. The highest BCUT2D eigenvalue weighted by Gasteiger charge is 2.20. The molecule has 0 spiro atoms. The zero-order valence-corrected chi connectivity index (χ0v) is 10.4. The van der Waals surface area contributed by atoms with Crippen molar-refractivity contribution in [1.29, 1.82) is 0 Å². The van der Waals surface area contributed by atoms with Crippen LogP contribution < -0.4 is 0 Å². The maximum Gasteiger partial charge on any atom is 0.340 e. The average molecular weight is 262 g/mol. The summed E-state index contributed by atoms with van der Waals surface area (Å²) in [5.41, 5.74) is -0.0261.